The van der Waals surface area contributed by atoms with Gasteiger partial charge in [-0.3, -0.25) is 0 Å². The molecule has 0 fully saturated rings. The van der Waals surface area contributed by atoms with Crippen LogP contribution >= 0.6 is 0 Å². The molecule has 0 spiro atoms. The third-order valence-electron chi connectivity index (χ3n) is 2.86. The van der Waals surface area contributed by atoms with E-state index in [0.717, 1.165) is 11.8 Å². The first kappa shape index (κ1) is 10.6. The van der Waals surface area contributed by atoms with Crippen LogP contribution in [0.4, 0.5) is 0 Å². The average molecular weight is 178 g/mol. The maximum Gasteiger partial charge on any atom is -0.0135 e. The van der Waals surface area contributed by atoms with E-state index in [1.807, 2.05) is 0 Å². The lowest BCUT2D eigenvalue weighted by Gasteiger charge is -2.26. The van der Waals surface area contributed by atoms with Gasteiger partial charge in [-0.15, -0.1) is 0 Å². The first-order valence-electron chi connectivity index (χ1n) is 5.30. The van der Waals surface area contributed by atoms with Gasteiger partial charge >= 0.3 is 0 Å². The minimum Gasteiger partial charge on any atom is -0.0806 e. The smallest absolute Gasteiger partial charge is 0.0135 e. The highest BCUT2D eigenvalue weighted by atomic mass is 14.2. The van der Waals surface area contributed by atoms with E-state index in [1.165, 1.54) is 12.0 Å². The monoisotopic (exact) mass is 178 g/mol. The molecule has 0 amide bonds. The molecule has 74 valence electrons. The van der Waals surface area contributed by atoms with Crippen LogP contribution in [0, 0.1) is 17.3 Å². The first-order chi connectivity index (χ1) is 5.91. The molecule has 1 aliphatic carbocycles. The maximum atomic E-state index is 2.41. The van der Waals surface area contributed by atoms with Gasteiger partial charge in [0.2, 0.25) is 0 Å². The van der Waals surface area contributed by atoms with E-state index in [2.05, 4.69) is 52.8 Å². The zero-order chi connectivity index (χ0) is 10.1. The van der Waals surface area contributed by atoms with E-state index in [0.29, 0.717) is 5.41 Å². The van der Waals surface area contributed by atoms with Gasteiger partial charge in [0.25, 0.3) is 0 Å². The summed E-state index contributed by atoms with van der Waals surface area (Å²) in [6, 6.07) is 0. The van der Waals surface area contributed by atoms with Crippen molar-refractivity contribution in [2.45, 2.75) is 41.0 Å². The molecule has 13 heavy (non-hydrogen) atoms. The second-order valence-corrected chi connectivity index (χ2v) is 5.41. The van der Waals surface area contributed by atoms with Crippen LogP contribution < -0.4 is 0 Å². The lowest BCUT2D eigenvalue weighted by atomic mass is 9.79. The summed E-state index contributed by atoms with van der Waals surface area (Å²) in [4.78, 5) is 0. The lowest BCUT2D eigenvalue weighted by Crippen LogP contribution is -2.13. The quantitative estimate of drug-likeness (QED) is 0.564. The van der Waals surface area contributed by atoms with E-state index < -0.39 is 0 Å². The zero-order valence-electron chi connectivity index (χ0n) is 9.59. The molecule has 0 radical (unpaired) electrons. The van der Waals surface area contributed by atoms with Gasteiger partial charge in [-0.1, -0.05) is 52.8 Å². The minimum atomic E-state index is 0.318. The third kappa shape index (κ3) is 2.72. The van der Waals surface area contributed by atoms with Gasteiger partial charge in [-0.05, 0) is 29.2 Å². The normalized spacial score (nSPS) is 23.5. The highest BCUT2D eigenvalue weighted by Crippen LogP contribution is 2.32. The van der Waals surface area contributed by atoms with Gasteiger partial charge in [0, 0.05) is 0 Å². The molecule has 0 nitrogen and oxygen atoms in total. The Morgan fingerprint density at radius 2 is 1.92 bits per heavy atom. The Balaban J connectivity index is 2.66. The summed E-state index contributed by atoms with van der Waals surface area (Å²) in [5, 5.41) is 0. The predicted octanol–water partition coefficient (Wildman–Crippen LogP) is 4.19. The molecule has 0 bridgehead atoms. The summed E-state index contributed by atoms with van der Waals surface area (Å²) in [7, 11) is 0. The summed E-state index contributed by atoms with van der Waals surface area (Å²) < 4.78 is 0. The number of rotatable bonds is 1. The van der Waals surface area contributed by atoms with Crippen molar-refractivity contribution in [1.82, 2.24) is 0 Å². The average Bonchev–Trinajstić information content (AvgIpc) is 2.03. The van der Waals surface area contributed by atoms with Gasteiger partial charge in [0.1, 0.15) is 0 Å². The fraction of sp³-hybridized carbons (Fsp3) is 0.692. The summed E-state index contributed by atoms with van der Waals surface area (Å²) in [5.41, 5.74) is 1.81. The van der Waals surface area contributed by atoms with Crippen LogP contribution in [0.2, 0.25) is 0 Å². The fourth-order valence-corrected chi connectivity index (χ4v) is 1.69. The fourth-order valence-electron chi connectivity index (χ4n) is 1.69. The molecule has 1 unspecified atom stereocenters. The molecule has 0 saturated carbocycles. The summed E-state index contributed by atoms with van der Waals surface area (Å²) in [6.45, 7) is 11.4. The standard InChI is InChI=1S/C13H22/c1-10(2)11-6-8-12(9-7-11)13(3,4)5/h6,8-11H,7H2,1-5H3. The van der Waals surface area contributed by atoms with Gasteiger partial charge in [-0.25, -0.2) is 0 Å². The van der Waals surface area contributed by atoms with E-state index in [4.69, 9.17) is 0 Å². The van der Waals surface area contributed by atoms with Crippen LogP contribution in [0.1, 0.15) is 41.0 Å². The van der Waals surface area contributed by atoms with Crippen molar-refractivity contribution in [1.29, 1.82) is 0 Å². The molecule has 0 aliphatic heterocycles. The second kappa shape index (κ2) is 3.69. The van der Waals surface area contributed by atoms with E-state index in [-0.39, 0.29) is 0 Å². The Kier molecular flexibility index (Phi) is 3.00. The van der Waals surface area contributed by atoms with Crippen molar-refractivity contribution in [3.05, 3.63) is 23.8 Å². The topological polar surface area (TPSA) is 0 Å². The Morgan fingerprint density at radius 3 is 2.23 bits per heavy atom. The Hall–Kier alpha value is -0.520. The minimum absolute atomic E-state index is 0.318. The van der Waals surface area contributed by atoms with Crippen LogP contribution in [0.25, 0.3) is 0 Å². The molecule has 0 heteroatoms. The van der Waals surface area contributed by atoms with Gasteiger partial charge in [0.15, 0.2) is 0 Å². The molecule has 1 rings (SSSR count). The lowest BCUT2D eigenvalue weighted by molar-refractivity contribution is 0.449. The Bertz CT molecular complexity index is 223. The SMILES string of the molecule is CC(C)C1C=CC(C(C)(C)C)=CC1. The molecular weight excluding hydrogens is 156 g/mol. The molecule has 0 aromatic heterocycles. The highest BCUT2D eigenvalue weighted by Gasteiger charge is 2.19. The number of hydrogen-bond acceptors (Lipinski definition) is 0. The summed E-state index contributed by atoms with van der Waals surface area (Å²) >= 11 is 0. The zero-order valence-corrected chi connectivity index (χ0v) is 9.59. The Labute approximate surface area is 82.7 Å². The van der Waals surface area contributed by atoms with Gasteiger partial charge in [-0.2, -0.15) is 0 Å². The van der Waals surface area contributed by atoms with Crippen LogP contribution in [-0.2, 0) is 0 Å². The van der Waals surface area contributed by atoms with Gasteiger partial charge < -0.3 is 0 Å². The van der Waals surface area contributed by atoms with Crippen molar-refractivity contribution >= 4 is 0 Å². The molecule has 0 N–H and O–H groups in total. The van der Waals surface area contributed by atoms with E-state index in [9.17, 15) is 0 Å². The van der Waals surface area contributed by atoms with Crippen molar-refractivity contribution in [3.8, 4) is 0 Å². The highest BCUT2D eigenvalue weighted by molar-refractivity contribution is 5.28. The van der Waals surface area contributed by atoms with Crippen LogP contribution in [0.15, 0.2) is 23.8 Å². The summed E-state index contributed by atoms with van der Waals surface area (Å²) in [6.07, 6.45) is 8.32. The molecular formula is C13H22. The van der Waals surface area contributed by atoms with Crippen molar-refractivity contribution < 1.29 is 0 Å². The molecule has 1 atom stereocenters. The molecule has 0 aromatic rings. The second-order valence-electron chi connectivity index (χ2n) is 5.41. The largest absolute Gasteiger partial charge is 0.0806 e. The van der Waals surface area contributed by atoms with Crippen LogP contribution in [-0.4, -0.2) is 0 Å². The summed E-state index contributed by atoms with van der Waals surface area (Å²) in [5.74, 6) is 1.53. The van der Waals surface area contributed by atoms with Crippen molar-refractivity contribution in [2.75, 3.05) is 0 Å². The maximum absolute atomic E-state index is 2.41. The number of allylic oxidation sites excluding steroid dienone is 4. The molecule has 0 saturated heterocycles. The molecule has 0 heterocycles. The predicted molar refractivity (Wildman–Crippen MR) is 59.6 cm³/mol. The first-order valence-corrected chi connectivity index (χ1v) is 5.30. The van der Waals surface area contributed by atoms with Crippen molar-refractivity contribution in [3.63, 3.8) is 0 Å². The van der Waals surface area contributed by atoms with E-state index >= 15 is 0 Å². The Morgan fingerprint density at radius 1 is 1.31 bits per heavy atom. The number of hydrogen-bond donors (Lipinski definition) is 0. The van der Waals surface area contributed by atoms with Crippen molar-refractivity contribution in [2.24, 2.45) is 17.3 Å². The van der Waals surface area contributed by atoms with Gasteiger partial charge in [0.05, 0.1) is 0 Å². The van der Waals surface area contributed by atoms with Crippen LogP contribution in [0.5, 0.6) is 0 Å². The van der Waals surface area contributed by atoms with Crippen LogP contribution in [0.3, 0.4) is 0 Å². The third-order valence-corrected chi connectivity index (χ3v) is 2.86. The molecule has 1 aliphatic rings. The molecule has 0 aromatic carbocycles. The van der Waals surface area contributed by atoms with E-state index in [1.54, 1.807) is 0 Å².